The second-order valence-corrected chi connectivity index (χ2v) is 2.58. The van der Waals surface area contributed by atoms with Crippen molar-refractivity contribution >= 4 is 6.29 Å². The standard InChI is InChI=1S/C9H11NO2/c1-6-4-9(12-3)8(5-11)7(2)10-6/h4-5H,1-3H3. The highest BCUT2D eigenvalue weighted by atomic mass is 16.5. The third kappa shape index (κ3) is 1.44. The van der Waals surface area contributed by atoms with Gasteiger partial charge >= 0.3 is 0 Å². The lowest BCUT2D eigenvalue weighted by Crippen LogP contribution is -1.98. The Bertz CT molecular complexity index is 308. The van der Waals surface area contributed by atoms with Crippen LogP contribution in [0.2, 0.25) is 0 Å². The minimum absolute atomic E-state index is 0.531. The Morgan fingerprint density at radius 1 is 1.50 bits per heavy atom. The summed E-state index contributed by atoms with van der Waals surface area (Å²) in [6.45, 7) is 3.66. The van der Waals surface area contributed by atoms with E-state index >= 15 is 0 Å². The first-order valence-electron chi connectivity index (χ1n) is 3.66. The van der Waals surface area contributed by atoms with Gasteiger partial charge in [0.15, 0.2) is 6.29 Å². The zero-order valence-corrected chi connectivity index (χ0v) is 7.42. The van der Waals surface area contributed by atoms with Crippen molar-refractivity contribution in [3.05, 3.63) is 23.0 Å². The van der Waals surface area contributed by atoms with Gasteiger partial charge < -0.3 is 4.74 Å². The third-order valence-electron chi connectivity index (χ3n) is 1.68. The van der Waals surface area contributed by atoms with E-state index in [0.717, 1.165) is 12.0 Å². The second-order valence-electron chi connectivity index (χ2n) is 2.58. The third-order valence-corrected chi connectivity index (χ3v) is 1.68. The molecule has 1 rings (SSSR count). The first kappa shape index (κ1) is 8.71. The molecule has 1 aromatic heterocycles. The molecule has 0 fully saturated rings. The van der Waals surface area contributed by atoms with Gasteiger partial charge in [0.25, 0.3) is 0 Å². The molecule has 0 saturated carbocycles. The molecule has 0 aliphatic rings. The summed E-state index contributed by atoms with van der Waals surface area (Å²) in [5.41, 5.74) is 2.10. The minimum atomic E-state index is 0.531. The molecule has 0 aliphatic heterocycles. The molecule has 0 saturated heterocycles. The van der Waals surface area contributed by atoms with Crippen LogP contribution in [0.25, 0.3) is 0 Å². The number of rotatable bonds is 2. The number of nitrogens with zero attached hydrogens (tertiary/aromatic N) is 1. The van der Waals surface area contributed by atoms with Crippen LogP contribution >= 0.6 is 0 Å². The van der Waals surface area contributed by atoms with Crippen LogP contribution < -0.4 is 4.74 Å². The fraction of sp³-hybridized carbons (Fsp3) is 0.333. The SMILES string of the molecule is COc1cc(C)nc(C)c1C=O. The normalized spacial score (nSPS) is 9.58. The van der Waals surface area contributed by atoms with Gasteiger partial charge in [-0.3, -0.25) is 9.78 Å². The number of aldehydes is 1. The first-order valence-corrected chi connectivity index (χ1v) is 3.66. The Labute approximate surface area is 71.4 Å². The van der Waals surface area contributed by atoms with E-state index in [1.165, 1.54) is 0 Å². The molecule has 0 amide bonds. The maximum atomic E-state index is 10.6. The number of ether oxygens (including phenoxy) is 1. The van der Waals surface area contributed by atoms with Crippen LogP contribution in [0, 0.1) is 13.8 Å². The van der Waals surface area contributed by atoms with Crippen LogP contribution in [0.5, 0.6) is 5.75 Å². The summed E-state index contributed by atoms with van der Waals surface area (Å²) in [6, 6.07) is 1.75. The van der Waals surface area contributed by atoms with E-state index in [9.17, 15) is 4.79 Å². The predicted octanol–water partition coefficient (Wildman–Crippen LogP) is 1.52. The van der Waals surface area contributed by atoms with Crippen molar-refractivity contribution in [1.82, 2.24) is 4.98 Å². The van der Waals surface area contributed by atoms with Crippen molar-refractivity contribution in [2.75, 3.05) is 7.11 Å². The fourth-order valence-electron chi connectivity index (χ4n) is 1.12. The van der Waals surface area contributed by atoms with Gasteiger partial charge in [0.1, 0.15) is 5.75 Å². The van der Waals surface area contributed by atoms with Crippen molar-refractivity contribution in [1.29, 1.82) is 0 Å². The lowest BCUT2D eigenvalue weighted by molar-refractivity contribution is 0.111. The molecule has 0 bridgehead atoms. The first-order chi connectivity index (χ1) is 5.69. The van der Waals surface area contributed by atoms with E-state index in [2.05, 4.69) is 4.98 Å². The average Bonchev–Trinajstić information content (AvgIpc) is 2.03. The minimum Gasteiger partial charge on any atom is -0.496 e. The predicted molar refractivity (Wildman–Crippen MR) is 45.7 cm³/mol. The van der Waals surface area contributed by atoms with Gasteiger partial charge in [-0.05, 0) is 13.8 Å². The van der Waals surface area contributed by atoms with E-state index in [4.69, 9.17) is 4.74 Å². The van der Waals surface area contributed by atoms with Crippen molar-refractivity contribution in [3.8, 4) is 5.75 Å². The van der Waals surface area contributed by atoms with Crippen molar-refractivity contribution in [2.24, 2.45) is 0 Å². The molecule has 0 aliphatic carbocycles. The molecule has 0 unspecified atom stereocenters. The summed E-state index contributed by atoms with van der Waals surface area (Å²) in [5, 5.41) is 0. The van der Waals surface area contributed by atoms with Gasteiger partial charge in [-0.1, -0.05) is 0 Å². The zero-order valence-electron chi connectivity index (χ0n) is 7.42. The van der Waals surface area contributed by atoms with Crippen LogP contribution in [0.3, 0.4) is 0 Å². The summed E-state index contributed by atoms with van der Waals surface area (Å²) < 4.78 is 5.03. The highest BCUT2D eigenvalue weighted by Gasteiger charge is 2.06. The van der Waals surface area contributed by atoms with E-state index in [-0.39, 0.29) is 0 Å². The zero-order chi connectivity index (χ0) is 9.14. The number of hydrogen-bond acceptors (Lipinski definition) is 3. The second kappa shape index (κ2) is 3.34. The summed E-state index contributed by atoms with van der Waals surface area (Å²) in [6.07, 6.45) is 0.764. The summed E-state index contributed by atoms with van der Waals surface area (Å²) in [7, 11) is 1.54. The van der Waals surface area contributed by atoms with Crippen LogP contribution in [0.15, 0.2) is 6.07 Å². The monoisotopic (exact) mass is 165 g/mol. The highest BCUT2D eigenvalue weighted by molar-refractivity contribution is 5.80. The smallest absolute Gasteiger partial charge is 0.155 e. The van der Waals surface area contributed by atoms with Gasteiger partial charge in [-0.2, -0.15) is 0 Å². The van der Waals surface area contributed by atoms with E-state index in [1.807, 2.05) is 6.92 Å². The molecule has 0 N–H and O–H groups in total. The van der Waals surface area contributed by atoms with Crippen molar-refractivity contribution in [2.45, 2.75) is 13.8 Å². The lowest BCUT2D eigenvalue weighted by atomic mass is 10.2. The molecule has 0 radical (unpaired) electrons. The fourth-order valence-corrected chi connectivity index (χ4v) is 1.12. The molecule has 0 atom stereocenters. The number of aryl methyl sites for hydroxylation is 2. The Morgan fingerprint density at radius 3 is 2.67 bits per heavy atom. The lowest BCUT2D eigenvalue weighted by Gasteiger charge is -2.06. The summed E-state index contributed by atoms with van der Waals surface area (Å²) in [4.78, 5) is 14.7. The van der Waals surface area contributed by atoms with Gasteiger partial charge in [0.2, 0.25) is 0 Å². The summed E-state index contributed by atoms with van der Waals surface area (Å²) in [5.74, 6) is 0.593. The molecule has 1 heterocycles. The number of carbonyl (C=O) groups is 1. The molecule has 3 nitrogen and oxygen atoms in total. The molecule has 12 heavy (non-hydrogen) atoms. The maximum Gasteiger partial charge on any atom is 0.155 e. The maximum absolute atomic E-state index is 10.6. The molecule has 0 spiro atoms. The average molecular weight is 165 g/mol. The number of aromatic nitrogens is 1. The van der Waals surface area contributed by atoms with E-state index in [0.29, 0.717) is 17.0 Å². The van der Waals surface area contributed by atoms with Gasteiger partial charge in [-0.15, -0.1) is 0 Å². The number of methoxy groups -OCH3 is 1. The molecular weight excluding hydrogens is 154 g/mol. The van der Waals surface area contributed by atoms with Gasteiger partial charge in [0, 0.05) is 11.8 Å². The molecular formula is C9H11NO2. The highest BCUT2D eigenvalue weighted by Crippen LogP contribution is 2.19. The topological polar surface area (TPSA) is 39.2 Å². The van der Waals surface area contributed by atoms with E-state index in [1.54, 1.807) is 20.1 Å². The number of hydrogen-bond donors (Lipinski definition) is 0. The van der Waals surface area contributed by atoms with Crippen molar-refractivity contribution < 1.29 is 9.53 Å². The Morgan fingerprint density at radius 2 is 2.17 bits per heavy atom. The van der Waals surface area contributed by atoms with E-state index < -0.39 is 0 Å². The van der Waals surface area contributed by atoms with Gasteiger partial charge in [0.05, 0.1) is 18.4 Å². The molecule has 3 heteroatoms. The van der Waals surface area contributed by atoms with Crippen LogP contribution in [-0.2, 0) is 0 Å². The summed E-state index contributed by atoms with van der Waals surface area (Å²) >= 11 is 0. The largest absolute Gasteiger partial charge is 0.496 e. The van der Waals surface area contributed by atoms with Crippen LogP contribution in [0.4, 0.5) is 0 Å². The van der Waals surface area contributed by atoms with Gasteiger partial charge in [-0.25, -0.2) is 0 Å². The quantitative estimate of drug-likeness (QED) is 0.624. The molecule has 64 valence electrons. The number of pyridine rings is 1. The van der Waals surface area contributed by atoms with Crippen LogP contribution in [-0.4, -0.2) is 18.4 Å². The molecule has 0 aromatic carbocycles. The number of carbonyl (C=O) groups excluding carboxylic acids is 1. The Balaban J connectivity index is 3.33. The van der Waals surface area contributed by atoms with Crippen molar-refractivity contribution in [3.63, 3.8) is 0 Å². The Kier molecular flexibility index (Phi) is 2.43. The Hall–Kier alpha value is -1.38. The molecule has 1 aromatic rings. The van der Waals surface area contributed by atoms with Crippen LogP contribution in [0.1, 0.15) is 21.7 Å².